The van der Waals surface area contributed by atoms with Crippen LogP contribution >= 0.6 is 0 Å². The lowest BCUT2D eigenvalue weighted by atomic mass is 10.1. The second-order valence-corrected chi connectivity index (χ2v) is 4.39. The Hall–Kier alpha value is -3.20. The van der Waals surface area contributed by atoms with Crippen LogP contribution in [0.5, 0.6) is 0 Å². The van der Waals surface area contributed by atoms with E-state index in [-0.39, 0.29) is 0 Å². The highest BCUT2D eigenvalue weighted by Gasteiger charge is 2.06. The van der Waals surface area contributed by atoms with Gasteiger partial charge in [0.15, 0.2) is 0 Å². The van der Waals surface area contributed by atoms with Crippen LogP contribution in [0.2, 0.25) is 0 Å². The molecule has 6 nitrogen and oxygen atoms in total. The largest absolute Gasteiger partial charge is 0.379 e. The Balaban J connectivity index is 1.85. The minimum atomic E-state index is 0.558. The molecular formula is C15H12N6. The molecule has 0 radical (unpaired) electrons. The van der Waals surface area contributed by atoms with Gasteiger partial charge in [0.1, 0.15) is 6.33 Å². The van der Waals surface area contributed by atoms with Crippen LogP contribution in [0.4, 0.5) is 5.69 Å². The van der Waals surface area contributed by atoms with Crippen molar-refractivity contribution in [3.05, 3.63) is 66.0 Å². The summed E-state index contributed by atoms with van der Waals surface area (Å²) in [5.74, 6) is 0. The molecule has 3 rings (SSSR count). The monoisotopic (exact) mass is 276 g/mol. The van der Waals surface area contributed by atoms with Crippen molar-refractivity contribution >= 4 is 5.69 Å². The van der Waals surface area contributed by atoms with Gasteiger partial charge in [-0.3, -0.25) is 0 Å². The zero-order valence-electron chi connectivity index (χ0n) is 11.1. The van der Waals surface area contributed by atoms with Gasteiger partial charge in [-0.05, 0) is 34.2 Å². The molecule has 3 aromatic rings. The van der Waals surface area contributed by atoms with Crippen molar-refractivity contribution in [2.75, 3.05) is 5.32 Å². The standard InChI is InChI=1S/C15H12N6/c16-9-12-5-1-2-6-13(12)10-17-14-7-3-4-8-15(14)21-11-18-19-20-21/h1-8,11,17H,10H2. The third-order valence-electron chi connectivity index (χ3n) is 3.11. The SMILES string of the molecule is N#Cc1ccccc1CNc1ccccc1-n1cnnn1. The van der Waals surface area contributed by atoms with Crippen molar-refractivity contribution in [2.45, 2.75) is 6.54 Å². The predicted molar refractivity (Wildman–Crippen MR) is 77.6 cm³/mol. The van der Waals surface area contributed by atoms with Crippen LogP contribution in [0, 0.1) is 11.3 Å². The lowest BCUT2D eigenvalue weighted by molar-refractivity contribution is 0.789. The van der Waals surface area contributed by atoms with Gasteiger partial charge >= 0.3 is 0 Å². The minimum absolute atomic E-state index is 0.558. The maximum absolute atomic E-state index is 9.11. The fourth-order valence-electron chi connectivity index (χ4n) is 2.07. The third kappa shape index (κ3) is 2.72. The molecule has 0 fully saturated rings. The van der Waals surface area contributed by atoms with Crippen molar-refractivity contribution in [1.29, 1.82) is 5.26 Å². The summed E-state index contributed by atoms with van der Waals surface area (Å²) < 4.78 is 1.60. The summed E-state index contributed by atoms with van der Waals surface area (Å²) in [6.45, 7) is 0.558. The molecule has 0 aliphatic heterocycles. The number of hydrogen-bond donors (Lipinski definition) is 1. The number of rotatable bonds is 4. The first-order valence-corrected chi connectivity index (χ1v) is 6.43. The van der Waals surface area contributed by atoms with E-state index >= 15 is 0 Å². The normalized spacial score (nSPS) is 10.0. The Labute approximate surface area is 121 Å². The second kappa shape index (κ2) is 5.84. The number of para-hydroxylation sites is 2. The number of hydrogen-bond acceptors (Lipinski definition) is 5. The Bertz CT molecular complexity index is 773. The van der Waals surface area contributed by atoms with Gasteiger partial charge in [-0.15, -0.1) is 5.10 Å². The number of anilines is 1. The van der Waals surface area contributed by atoms with Crippen molar-refractivity contribution < 1.29 is 0 Å². The minimum Gasteiger partial charge on any atom is -0.379 e. The zero-order chi connectivity index (χ0) is 14.5. The van der Waals surface area contributed by atoms with Gasteiger partial charge in [0.05, 0.1) is 23.0 Å². The second-order valence-electron chi connectivity index (χ2n) is 4.39. The Morgan fingerprint density at radius 2 is 1.90 bits per heavy atom. The van der Waals surface area contributed by atoms with Crippen LogP contribution < -0.4 is 5.32 Å². The van der Waals surface area contributed by atoms with Crippen LogP contribution in [0.3, 0.4) is 0 Å². The quantitative estimate of drug-likeness (QED) is 0.789. The molecule has 0 unspecified atom stereocenters. The molecule has 21 heavy (non-hydrogen) atoms. The predicted octanol–water partition coefficient (Wildman–Crippen LogP) is 2.15. The van der Waals surface area contributed by atoms with Gasteiger partial charge in [0.2, 0.25) is 0 Å². The number of benzene rings is 2. The zero-order valence-corrected chi connectivity index (χ0v) is 11.1. The highest BCUT2D eigenvalue weighted by atomic mass is 15.5. The maximum atomic E-state index is 9.11. The molecule has 2 aromatic carbocycles. The smallest absolute Gasteiger partial charge is 0.143 e. The van der Waals surface area contributed by atoms with E-state index in [2.05, 4.69) is 26.9 Å². The van der Waals surface area contributed by atoms with Crippen LogP contribution in [0.25, 0.3) is 5.69 Å². The number of tetrazole rings is 1. The summed E-state index contributed by atoms with van der Waals surface area (Å²) >= 11 is 0. The summed E-state index contributed by atoms with van der Waals surface area (Å²) in [6.07, 6.45) is 1.55. The lowest BCUT2D eigenvalue weighted by Crippen LogP contribution is -2.06. The van der Waals surface area contributed by atoms with Crippen LogP contribution in [0.1, 0.15) is 11.1 Å². The van der Waals surface area contributed by atoms with Crippen LogP contribution in [-0.2, 0) is 6.54 Å². The summed E-state index contributed by atoms with van der Waals surface area (Å²) in [6, 6.07) is 17.5. The first-order chi connectivity index (χ1) is 10.4. The number of nitrogens with one attached hydrogen (secondary N) is 1. The average molecular weight is 276 g/mol. The molecule has 1 heterocycles. The van der Waals surface area contributed by atoms with E-state index in [1.165, 1.54) is 0 Å². The number of nitriles is 1. The highest BCUT2D eigenvalue weighted by Crippen LogP contribution is 2.19. The third-order valence-corrected chi connectivity index (χ3v) is 3.11. The van der Waals surface area contributed by atoms with Gasteiger partial charge in [0, 0.05) is 6.54 Å². The number of aromatic nitrogens is 4. The van der Waals surface area contributed by atoms with E-state index in [0.29, 0.717) is 12.1 Å². The van der Waals surface area contributed by atoms with E-state index in [9.17, 15) is 0 Å². The molecule has 0 saturated heterocycles. The van der Waals surface area contributed by atoms with Crippen LogP contribution in [-0.4, -0.2) is 20.2 Å². The van der Waals surface area contributed by atoms with Crippen molar-refractivity contribution in [3.8, 4) is 11.8 Å². The van der Waals surface area contributed by atoms with Crippen LogP contribution in [0.15, 0.2) is 54.9 Å². The van der Waals surface area contributed by atoms with Crippen molar-refractivity contribution in [1.82, 2.24) is 20.2 Å². The molecule has 1 aromatic heterocycles. The summed E-state index contributed by atoms with van der Waals surface area (Å²) in [5, 5.41) is 23.6. The molecule has 102 valence electrons. The van der Waals surface area contributed by atoms with Gasteiger partial charge < -0.3 is 5.32 Å². The molecule has 0 spiro atoms. The van der Waals surface area contributed by atoms with E-state index < -0.39 is 0 Å². The average Bonchev–Trinajstić information content (AvgIpc) is 3.08. The Morgan fingerprint density at radius 3 is 2.71 bits per heavy atom. The molecule has 0 aliphatic rings. The molecular weight excluding hydrogens is 264 g/mol. The molecule has 0 saturated carbocycles. The molecule has 0 atom stereocenters. The van der Waals surface area contributed by atoms with E-state index in [1.54, 1.807) is 11.0 Å². The summed E-state index contributed by atoms with van der Waals surface area (Å²) in [7, 11) is 0. The Morgan fingerprint density at radius 1 is 1.10 bits per heavy atom. The molecule has 1 N–H and O–H groups in total. The van der Waals surface area contributed by atoms with Gasteiger partial charge in [-0.1, -0.05) is 30.3 Å². The Kier molecular flexibility index (Phi) is 3.56. The number of nitrogens with zero attached hydrogens (tertiary/aromatic N) is 5. The van der Waals surface area contributed by atoms with Gasteiger partial charge in [0.25, 0.3) is 0 Å². The van der Waals surface area contributed by atoms with Crippen molar-refractivity contribution in [3.63, 3.8) is 0 Å². The maximum Gasteiger partial charge on any atom is 0.143 e. The topological polar surface area (TPSA) is 79.4 Å². The van der Waals surface area contributed by atoms with Crippen molar-refractivity contribution in [2.24, 2.45) is 0 Å². The fraction of sp³-hybridized carbons (Fsp3) is 0.0667. The first-order valence-electron chi connectivity index (χ1n) is 6.43. The van der Waals surface area contributed by atoms with E-state index in [4.69, 9.17) is 5.26 Å². The van der Waals surface area contributed by atoms with E-state index in [1.807, 2.05) is 48.5 Å². The summed E-state index contributed by atoms with van der Waals surface area (Å²) in [5.41, 5.74) is 3.38. The first kappa shape index (κ1) is 12.8. The molecule has 0 bridgehead atoms. The molecule has 6 heteroatoms. The highest BCUT2D eigenvalue weighted by molar-refractivity contribution is 5.60. The molecule has 0 amide bonds. The van der Waals surface area contributed by atoms with Gasteiger partial charge in [-0.25, -0.2) is 0 Å². The van der Waals surface area contributed by atoms with E-state index in [0.717, 1.165) is 16.9 Å². The lowest BCUT2D eigenvalue weighted by Gasteiger charge is -2.11. The van der Waals surface area contributed by atoms with Gasteiger partial charge in [-0.2, -0.15) is 9.94 Å². The molecule has 0 aliphatic carbocycles. The summed E-state index contributed by atoms with van der Waals surface area (Å²) in [4.78, 5) is 0. The fourth-order valence-corrected chi connectivity index (χ4v) is 2.07.